The Kier molecular flexibility index (Phi) is 6.16. The van der Waals surface area contributed by atoms with Gasteiger partial charge in [-0.2, -0.15) is 0 Å². The molecular weight excluding hydrogens is 425 g/mol. The van der Waals surface area contributed by atoms with E-state index in [1.807, 2.05) is 13.8 Å². The van der Waals surface area contributed by atoms with Gasteiger partial charge in [-0.15, -0.1) is 0 Å². The third-order valence-electron chi connectivity index (χ3n) is 8.40. The van der Waals surface area contributed by atoms with E-state index in [4.69, 9.17) is 4.99 Å². The Morgan fingerprint density at radius 2 is 1.65 bits per heavy atom. The van der Waals surface area contributed by atoms with Gasteiger partial charge in [0.1, 0.15) is 0 Å². The minimum Gasteiger partial charge on any atom is -0.329 e. The predicted octanol–water partition coefficient (Wildman–Crippen LogP) is 8.18. The Morgan fingerprint density at radius 3 is 2.24 bits per heavy atom. The molecule has 1 aliphatic heterocycles. The number of fused-ring (bicyclic) bond motifs is 1. The van der Waals surface area contributed by atoms with Gasteiger partial charge in [0.05, 0.1) is 5.70 Å². The molecule has 2 aromatic rings. The number of unbranched alkanes of at least 4 members (excludes halogenated alkanes) is 2. The summed E-state index contributed by atoms with van der Waals surface area (Å²) in [4.78, 5) is 5.18. The van der Waals surface area contributed by atoms with E-state index < -0.39 is 7.40 Å². The normalized spacial score (nSPS) is 22.1. The summed E-state index contributed by atoms with van der Waals surface area (Å²) in [6.07, 6.45) is 7.00. The van der Waals surface area contributed by atoms with Crippen LogP contribution in [-0.4, -0.2) is 17.6 Å². The van der Waals surface area contributed by atoms with Crippen molar-refractivity contribution in [1.82, 2.24) is 4.48 Å². The van der Waals surface area contributed by atoms with Gasteiger partial charge in [0.15, 0.2) is 0 Å². The van der Waals surface area contributed by atoms with Crippen molar-refractivity contribution in [3.8, 4) is 0 Å². The summed E-state index contributed by atoms with van der Waals surface area (Å²) in [5.74, 6) is 0.695. The molecule has 4 aliphatic rings. The summed E-state index contributed by atoms with van der Waals surface area (Å²) in [6, 6.07) is 8.82. The number of hydrogen-bond acceptors (Lipinski definition) is 1. The molecule has 3 aliphatic carbocycles. The first-order valence-electron chi connectivity index (χ1n) is 13.0. The number of benzene rings is 1. The molecule has 2 atom stereocenters. The average Bonchev–Trinajstić information content (AvgIpc) is 3.31. The van der Waals surface area contributed by atoms with Crippen molar-refractivity contribution in [2.24, 2.45) is 4.99 Å². The monoisotopic (exact) mass is 460 g/mol. The number of nitrogens with zero attached hydrogens (tertiary/aromatic N) is 2. The minimum atomic E-state index is -2.56. The lowest BCUT2D eigenvalue weighted by Gasteiger charge is -2.40. The molecule has 0 fully saturated rings. The van der Waals surface area contributed by atoms with E-state index in [2.05, 4.69) is 45.0 Å². The van der Waals surface area contributed by atoms with E-state index in [0.29, 0.717) is 17.5 Å². The highest BCUT2D eigenvalue weighted by atomic mass is 19.2. The zero-order chi connectivity index (χ0) is 24.1. The largest absolute Gasteiger partial charge is 0.677 e. The van der Waals surface area contributed by atoms with Gasteiger partial charge in [0, 0.05) is 34.5 Å². The molecule has 0 spiro atoms. The van der Waals surface area contributed by atoms with E-state index in [1.54, 1.807) is 0 Å². The molecule has 34 heavy (non-hydrogen) atoms. The lowest BCUT2D eigenvalue weighted by Crippen LogP contribution is -2.26. The second kappa shape index (κ2) is 8.98. The molecular formula is C29H35BF2N2. The summed E-state index contributed by atoms with van der Waals surface area (Å²) in [7, 11) is -2.56. The summed E-state index contributed by atoms with van der Waals surface area (Å²) in [5, 5.41) is 0. The highest BCUT2D eigenvalue weighted by molar-refractivity contribution is 6.41. The van der Waals surface area contributed by atoms with Gasteiger partial charge < -0.3 is 4.48 Å². The van der Waals surface area contributed by atoms with Crippen molar-refractivity contribution in [3.05, 3.63) is 74.8 Å². The molecule has 2 heterocycles. The summed E-state index contributed by atoms with van der Waals surface area (Å²) < 4.78 is 30.3. The summed E-state index contributed by atoms with van der Waals surface area (Å²) >= 11 is 0. The highest BCUT2D eigenvalue weighted by Crippen LogP contribution is 2.58. The number of allylic oxidation sites excluding steroid dienone is 3. The quantitative estimate of drug-likeness (QED) is 0.293. The molecule has 1 aromatic carbocycles. The maximum atomic E-state index is 14.5. The van der Waals surface area contributed by atoms with Gasteiger partial charge >= 0.3 is 7.40 Å². The zero-order valence-electron chi connectivity index (χ0n) is 21.1. The van der Waals surface area contributed by atoms with Crippen LogP contribution in [0.3, 0.4) is 0 Å². The number of aromatic nitrogens is 1. The van der Waals surface area contributed by atoms with Gasteiger partial charge in [0.2, 0.25) is 0 Å². The average molecular weight is 460 g/mol. The van der Waals surface area contributed by atoms with Crippen LogP contribution in [0.15, 0.2) is 46.1 Å². The van der Waals surface area contributed by atoms with Gasteiger partial charge in [-0.1, -0.05) is 51.0 Å². The fourth-order valence-corrected chi connectivity index (χ4v) is 6.97. The molecule has 0 amide bonds. The molecule has 6 rings (SSSR count). The summed E-state index contributed by atoms with van der Waals surface area (Å²) in [5.41, 5.74) is 12.1. The van der Waals surface area contributed by atoms with E-state index in [0.717, 1.165) is 78.7 Å². The molecule has 1 aromatic heterocycles. The first-order chi connectivity index (χ1) is 16.4. The third-order valence-corrected chi connectivity index (χ3v) is 8.40. The van der Waals surface area contributed by atoms with Crippen LogP contribution in [0.4, 0.5) is 8.63 Å². The first kappa shape index (κ1) is 23.3. The minimum absolute atomic E-state index is 0.315. The number of hydrogen-bond donors (Lipinski definition) is 0. The number of halogens is 2. The fourth-order valence-electron chi connectivity index (χ4n) is 6.97. The maximum absolute atomic E-state index is 14.5. The molecule has 0 saturated carbocycles. The fraction of sp³-hybridized carbons (Fsp3) is 0.483. The van der Waals surface area contributed by atoms with Crippen LogP contribution >= 0.6 is 0 Å². The van der Waals surface area contributed by atoms with Crippen molar-refractivity contribution in [2.45, 2.75) is 91.4 Å². The van der Waals surface area contributed by atoms with Crippen LogP contribution in [0.5, 0.6) is 0 Å². The first-order valence-corrected chi connectivity index (χ1v) is 13.0. The van der Waals surface area contributed by atoms with E-state index in [-0.39, 0.29) is 0 Å². The molecule has 5 heteroatoms. The topological polar surface area (TPSA) is 17.3 Å². The van der Waals surface area contributed by atoms with Gasteiger partial charge in [-0.3, -0.25) is 13.6 Å². The second-order valence-electron chi connectivity index (χ2n) is 10.2. The smallest absolute Gasteiger partial charge is 0.329 e. The molecule has 0 N–H and O–H groups in total. The van der Waals surface area contributed by atoms with E-state index in [9.17, 15) is 8.63 Å². The van der Waals surface area contributed by atoms with Gasteiger partial charge in [-0.25, -0.2) is 0 Å². The van der Waals surface area contributed by atoms with Gasteiger partial charge in [0.25, 0.3) is 0 Å². The Hall–Kier alpha value is -2.43. The van der Waals surface area contributed by atoms with Crippen LogP contribution in [0, 0.1) is 13.8 Å². The van der Waals surface area contributed by atoms with E-state index >= 15 is 0 Å². The van der Waals surface area contributed by atoms with Crippen LogP contribution in [0.25, 0.3) is 5.57 Å². The third kappa shape index (κ3) is 3.38. The Bertz CT molecular complexity index is 1230. The molecule has 178 valence electrons. The zero-order valence-corrected chi connectivity index (χ0v) is 21.1. The number of rotatable bonds is 7. The lowest BCUT2D eigenvalue weighted by molar-refractivity contribution is 0.526. The maximum Gasteiger partial charge on any atom is 0.677 e. The molecule has 2 nitrogen and oxygen atoms in total. The van der Waals surface area contributed by atoms with Gasteiger partial charge in [-0.05, 0) is 86.3 Å². The molecule has 2 bridgehead atoms. The Balaban J connectivity index is 1.77. The van der Waals surface area contributed by atoms with Crippen molar-refractivity contribution in [2.75, 3.05) is 0 Å². The van der Waals surface area contributed by atoms with Crippen molar-refractivity contribution >= 4 is 18.7 Å². The molecule has 0 saturated heterocycles. The molecule has 0 radical (unpaired) electrons. The Morgan fingerprint density at radius 1 is 1.00 bits per heavy atom. The van der Waals surface area contributed by atoms with Crippen LogP contribution in [-0.2, 0) is 6.42 Å². The van der Waals surface area contributed by atoms with Crippen LogP contribution in [0.2, 0.25) is 0 Å². The SMILES string of the molecule is CCCCC/C(=C1\N=C(C)C2=C1[C@@H]1CC[C@H]2c2ccccc21)c1c(C)c(CC)c(C)n1B(F)F. The summed E-state index contributed by atoms with van der Waals surface area (Å²) in [6.45, 7) is 10.3. The number of aliphatic imine (C=N–C) groups is 1. The highest BCUT2D eigenvalue weighted by Gasteiger charge is 2.44. The lowest BCUT2D eigenvalue weighted by atomic mass is 9.63. The van der Waals surface area contributed by atoms with Crippen molar-refractivity contribution in [3.63, 3.8) is 0 Å². The van der Waals surface area contributed by atoms with E-state index in [1.165, 1.54) is 26.8 Å². The standard InChI is InChI=1S/C29H35BF2N2/c1-6-8-9-14-25(29-17(3)20(7-2)19(5)34(29)30(31)32)28-27-24-16-15-23(26(27)18(4)33-28)21-12-10-11-13-22(21)24/h10-13,23-24H,6-9,14-16H2,1-5H3/b28-25+/t23-,24+/m0/s1. The van der Waals surface area contributed by atoms with Crippen molar-refractivity contribution in [1.29, 1.82) is 0 Å². The Labute approximate surface area is 203 Å². The van der Waals surface area contributed by atoms with Crippen LogP contribution < -0.4 is 0 Å². The molecule has 0 unspecified atom stereocenters. The predicted molar refractivity (Wildman–Crippen MR) is 139 cm³/mol. The van der Waals surface area contributed by atoms with Crippen LogP contribution in [0.1, 0.15) is 105 Å². The van der Waals surface area contributed by atoms with Crippen molar-refractivity contribution < 1.29 is 8.63 Å². The second-order valence-corrected chi connectivity index (χ2v) is 10.2.